The zero-order valence-electron chi connectivity index (χ0n) is 18.6. The predicted octanol–water partition coefficient (Wildman–Crippen LogP) is 2.16. The van der Waals surface area contributed by atoms with Crippen LogP contribution in [0.5, 0.6) is 0 Å². The Morgan fingerprint density at radius 1 is 1.16 bits per heavy atom. The van der Waals surface area contributed by atoms with Gasteiger partial charge < -0.3 is 10.2 Å². The molecule has 0 aliphatic carbocycles. The molecule has 11 heteroatoms. The molecule has 1 aromatic carbocycles. The average molecular weight is 480 g/mol. The molecule has 0 atom stereocenters. The molecule has 32 heavy (non-hydrogen) atoms. The molecule has 2 aromatic rings. The Bertz CT molecular complexity index is 1040. The van der Waals surface area contributed by atoms with E-state index in [0.29, 0.717) is 48.9 Å². The summed E-state index contributed by atoms with van der Waals surface area (Å²) in [4.78, 5) is 27.7. The van der Waals surface area contributed by atoms with E-state index in [0.717, 1.165) is 24.4 Å². The minimum Gasteiger partial charge on any atom is -0.352 e. The Kier molecular flexibility index (Phi) is 7.96. The number of amides is 2. The number of likely N-dealkylation sites (tertiary alicyclic amines) is 1. The van der Waals surface area contributed by atoms with E-state index in [4.69, 9.17) is 0 Å². The zero-order chi connectivity index (χ0) is 23.3. The lowest BCUT2D eigenvalue weighted by Crippen LogP contribution is -2.41. The van der Waals surface area contributed by atoms with E-state index in [9.17, 15) is 18.0 Å². The van der Waals surface area contributed by atoms with E-state index >= 15 is 0 Å². The van der Waals surface area contributed by atoms with Crippen molar-refractivity contribution in [2.45, 2.75) is 38.5 Å². The highest BCUT2D eigenvalue weighted by molar-refractivity contribution is 7.89. The Hall–Kier alpha value is -2.37. The SMILES string of the molecule is CCN(CC)S(=O)(=O)c1ccc(C(=O)NCC2CCN(C(=O)c3snnc3C)CC2)cc1. The van der Waals surface area contributed by atoms with E-state index in [-0.39, 0.29) is 22.6 Å². The molecule has 0 bridgehead atoms. The van der Waals surface area contributed by atoms with Gasteiger partial charge in [0.15, 0.2) is 0 Å². The minimum absolute atomic E-state index is 0.0280. The van der Waals surface area contributed by atoms with Crippen molar-refractivity contribution in [3.63, 3.8) is 0 Å². The van der Waals surface area contributed by atoms with Gasteiger partial charge in [-0.05, 0) is 61.5 Å². The van der Waals surface area contributed by atoms with Crippen LogP contribution in [0.2, 0.25) is 0 Å². The molecule has 174 valence electrons. The van der Waals surface area contributed by atoms with Crippen LogP contribution in [0.4, 0.5) is 0 Å². The molecule has 0 spiro atoms. The van der Waals surface area contributed by atoms with E-state index in [1.54, 1.807) is 32.9 Å². The molecule has 1 aromatic heterocycles. The first-order valence-corrected chi connectivity index (χ1v) is 13.0. The van der Waals surface area contributed by atoms with E-state index in [1.807, 2.05) is 4.90 Å². The first-order chi connectivity index (χ1) is 15.3. The molecule has 3 rings (SSSR count). The third-order valence-electron chi connectivity index (χ3n) is 5.76. The number of benzene rings is 1. The second-order valence-corrected chi connectivity index (χ2v) is 10.4. The second kappa shape index (κ2) is 10.5. The van der Waals surface area contributed by atoms with Crippen molar-refractivity contribution in [1.29, 1.82) is 0 Å². The minimum atomic E-state index is -3.54. The number of aromatic nitrogens is 2. The van der Waals surface area contributed by atoms with Gasteiger partial charge in [0.25, 0.3) is 11.8 Å². The number of nitrogens with zero attached hydrogens (tertiary/aromatic N) is 4. The average Bonchev–Trinajstić information content (AvgIpc) is 3.24. The molecule has 2 amide bonds. The largest absolute Gasteiger partial charge is 0.352 e. The number of carbonyl (C=O) groups is 2. The maximum atomic E-state index is 12.6. The summed E-state index contributed by atoms with van der Waals surface area (Å²) in [5.41, 5.74) is 1.08. The van der Waals surface area contributed by atoms with Gasteiger partial charge in [-0.1, -0.05) is 18.3 Å². The van der Waals surface area contributed by atoms with Gasteiger partial charge in [-0.2, -0.15) is 4.31 Å². The monoisotopic (exact) mass is 479 g/mol. The molecular weight excluding hydrogens is 450 g/mol. The molecule has 2 heterocycles. The molecule has 1 fully saturated rings. The van der Waals surface area contributed by atoms with Crippen LogP contribution in [0.1, 0.15) is 52.4 Å². The fourth-order valence-corrected chi connectivity index (χ4v) is 5.82. The van der Waals surface area contributed by atoms with Gasteiger partial charge in [0.05, 0.1) is 10.6 Å². The first kappa shape index (κ1) is 24.3. The van der Waals surface area contributed by atoms with Crippen molar-refractivity contribution in [2.24, 2.45) is 5.92 Å². The van der Waals surface area contributed by atoms with Crippen LogP contribution in [0.25, 0.3) is 0 Å². The number of hydrogen-bond donors (Lipinski definition) is 1. The summed E-state index contributed by atoms with van der Waals surface area (Å²) >= 11 is 1.12. The van der Waals surface area contributed by atoms with Crippen LogP contribution in [-0.4, -0.2) is 71.7 Å². The highest BCUT2D eigenvalue weighted by Gasteiger charge is 2.26. The highest BCUT2D eigenvalue weighted by Crippen LogP contribution is 2.21. The first-order valence-electron chi connectivity index (χ1n) is 10.7. The van der Waals surface area contributed by atoms with E-state index in [1.165, 1.54) is 16.4 Å². The topological polar surface area (TPSA) is 113 Å². The number of rotatable bonds is 8. The molecule has 1 aliphatic rings. The van der Waals surface area contributed by atoms with Crippen LogP contribution < -0.4 is 5.32 Å². The van der Waals surface area contributed by atoms with Crippen molar-refractivity contribution in [3.8, 4) is 0 Å². The van der Waals surface area contributed by atoms with Gasteiger partial charge in [-0.25, -0.2) is 8.42 Å². The fraction of sp³-hybridized carbons (Fsp3) is 0.524. The lowest BCUT2D eigenvalue weighted by Gasteiger charge is -2.31. The van der Waals surface area contributed by atoms with Crippen molar-refractivity contribution >= 4 is 33.4 Å². The summed E-state index contributed by atoms with van der Waals surface area (Å²) in [7, 11) is -3.54. The number of carbonyl (C=O) groups excluding carboxylic acids is 2. The number of piperidine rings is 1. The third kappa shape index (κ3) is 5.33. The number of hydrogen-bond acceptors (Lipinski definition) is 7. The van der Waals surface area contributed by atoms with Crippen molar-refractivity contribution in [2.75, 3.05) is 32.7 Å². The third-order valence-corrected chi connectivity index (χ3v) is 8.64. The van der Waals surface area contributed by atoms with E-state index < -0.39 is 10.0 Å². The molecular formula is C21H29N5O4S2. The summed E-state index contributed by atoms with van der Waals surface area (Å²) in [6.45, 7) is 7.94. The maximum Gasteiger partial charge on any atom is 0.267 e. The zero-order valence-corrected chi connectivity index (χ0v) is 20.2. The molecule has 1 saturated heterocycles. The van der Waals surface area contributed by atoms with Crippen molar-refractivity contribution in [1.82, 2.24) is 24.1 Å². The summed E-state index contributed by atoms with van der Waals surface area (Å²) < 4.78 is 30.3. The number of aryl methyl sites for hydroxylation is 1. The van der Waals surface area contributed by atoms with Crippen LogP contribution in [-0.2, 0) is 10.0 Å². The highest BCUT2D eigenvalue weighted by atomic mass is 32.2. The number of sulfonamides is 1. The van der Waals surface area contributed by atoms with Gasteiger partial charge in [-0.15, -0.1) is 5.10 Å². The van der Waals surface area contributed by atoms with Gasteiger partial charge >= 0.3 is 0 Å². The summed E-state index contributed by atoms with van der Waals surface area (Å²) in [6, 6.07) is 6.03. The van der Waals surface area contributed by atoms with Crippen LogP contribution in [0.15, 0.2) is 29.2 Å². The number of nitrogens with one attached hydrogen (secondary N) is 1. The van der Waals surface area contributed by atoms with Gasteiger partial charge in [0.1, 0.15) is 4.88 Å². The molecule has 0 radical (unpaired) electrons. The van der Waals surface area contributed by atoms with Crippen LogP contribution >= 0.6 is 11.5 Å². The van der Waals surface area contributed by atoms with Crippen LogP contribution in [0.3, 0.4) is 0 Å². The lowest BCUT2D eigenvalue weighted by atomic mass is 9.96. The molecule has 0 saturated carbocycles. The van der Waals surface area contributed by atoms with Gasteiger partial charge in [0, 0.05) is 38.3 Å². The smallest absolute Gasteiger partial charge is 0.267 e. The fourth-order valence-electron chi connectivity index (χ4n) is 3.74. The second-order valence-electron chi connectivity index (χ2n) is 7.75. The Morgan fingerprint density at radius 3 is 2.31 bits per heavy atom. The molecule has 0 unspecified atom stereocenters. The quantitative estimate of drug-likeness (QED) is 0.621. The predicted molar refractivity (Wildman–Crippen MR) is 122 cm³/mol. The van der Waals surface area contributed by atoms with Crippen molar-refractivity contribution < 1.29 is 18.0 Å². The summed E-state index contributed by atoms with van der Waals surface area (Å²) in [5.74, 6) is 0.0207. The summed E-state index contributed by atoms with van der Waals surface area (Å²) in [5, 5.41) is 6.83. The normalized spacial score (nSPS) is 15.2. The molecule has 1 aliphatic heterocycles. The Labute approximate surface area is 193 Å². The van der Waals surface area contributed by atoms with Crippen LogP contribution in [0, 0.1) is 12.8 Å². The Balaban J connectivity index is 1.50. The van der Waals surface area contributed by atoms with Gasteiger partial charge in [0.2, 0.25) is 10.0 Å². The standard InChI is InChI=1S/C21H29N5O4S2/c1-4-26(5-2)32(29,30)18-8-6-17(7-9-18)20(27)22-14-16-10-12-25(13-11-16)21(28)19-15(3)23-24-31-19/h6-9,16H,4-5,10-14H2,1-3H3,(H,22,27). The Morgan fingerprint density at radius 2 is 1.78 bits per heavy atom. The van der Waals surface area contributed by atoms with Crippen molar-refractivity contribution in [3.05, 3.63) is 40.4 Å². The molecule has 9 nitrogen and oxygen atoms in total. The maximum absolute atomic E-state index is 12.6. The summed E-state index contributed by atoms with van der Waals surface area (Å²) in [6.07, 6.45) is 1.61. The lowest BCUT2D eigenvalue weighted by molar-refractivity contribution is 0.0688. The molecule has 1 N–H and O–H groups in total. The van der Waals surface area contributed by atoms with Gasteiger partial charge in [-0.3, -0.25) is 9.59 Å². The van der Waals surface area contributed by atoms with E-state index in [2.05, 4.69) is 14.9 Å².